The molecular weight excluding hydrogens is 493 g/mol. The second-order valence-electron chi connectivity index (χ2n) is 9.14. The first-order chi connectivity index (χ1) is 16.8. The number of hydrogen-bond acceptors (Lipinski definition) is 7. The summed E-state index contributed by atoms with van der Waals surface area (Å²) in [6, 6.07) is 8.18. The lowest BCUT2D eigenvalue weighted by atomic mass is 9.89. The molecule has 3 rings (SSSR count). The summed E-state index contributed by atoms with van der Waals surface area (Å²) in [6.07, 6.45) is -2.24. The number of nitriles is 1. The van der Waals surface area contributed by atoms with Crippen LogP contribution in [0.25, 0.3) is 0 Å². The lowest BCUT2D eigenvalue weighted by Gasteiger charge is -2.28. The molecule has 7 nitrogen and oxygen atoms in total. The molecule has 1 heterocycles. The first-order valence-corrected chi connectivity index (χ1v) is 12.3. The van der Waals surface area contributed by atoms with Crippen LogP contribution >= 0.6 is 11.8 Å². The molecular formula is C25H25F3N4O3S. The Balaban J connectivity index is 2.09. The second kappa shape index (κ2) is 10.7. The van der Waals surface area contributed by atoms with Gasteiger partial charge >= 0.3 is 12.3 Å². The Morgan fingerprint density at radius 3 is 2.58 bits per heavy atom. The smallest absolute Gasteiger partial charge is 0.433 e. The van der Waals surface area contributed by atoms with E-state index in [2.05, 4.69) is 21.4 Å². The number of ketones is 1. The van der Waals surface area contributed by atoms with Crippen molar-refractivity contribution >= 4 is 35.0 Å². The van der Waals surface area contributed by atoms with Crippen LogP contribution in [-0.4, -0.2) is 34.4 Å². The minimum atomic E-state index is -4.64. The van der Waals surface area contributed by atoms with Crippen LogP contribution in [-0.2, 0) is 15.7 Å². The molecule has 0 bridgehead atoms. The average molecular weight is 519 g/mol. The average Bonchev–Trinajstić information content (AvgIpc) is 3.15. The van der Waals surface area contributed by atoms with E-state index in [1.165, 1.54) is 17.8 Å². The number of nitrogens with zero attached hydrogens (tertiary/aromatic N) is 3. The third kappa shape index (κ3) is 6.63. The third-order valence-corrected chi connectivity index (χ3v) is 6.14. The molecule has 190 valence electrons. The van der Waals surface area contributed by atoms with Gasteiger partial charge in [0.05, 0.1) is 29.3 Å². The standard InChI is InChI=1S/C25H25F3N4O3S/c1-24(2,3)35-23(34)32-22(16-6-5-14(13-29)11-19(16)36-4)21-17(7-8-18(21)33)31-15-9-10-30-20(12-15)25(26,27)28/h5-6,9-12,21-22H,7-8H2,1-4H3,(H,32,34). The molecule has 1 aromatic heterocycles. The van der Waals surface area contributed by atoms with E-state index in [0.29, 0.717) is 21.7 Å². The van der Waals surface area contributed by atoms with Crippen molar-refractivity contribution in [2.45, 2.75) is 56.3 Å². The molecule has 2 aromatic rings. The molecule has 1 aliphatic rings. The van der Waals surface area contributed by atoms with Gasteiger partial charge in [0.2, 0.25) is 0 Å². The molecule has 1 aliphatic carbocycles. The van der Waals surface area contributed by atoms with Gasteiger partial charge in [0.15, 0.2) is 0 Å². The Morgan fingerprint density at radius 1 is 1.25 bits per heavy atom. The number of alkyl carbamates (subject to hydrolysis) is 1. The molecule has 2 unspecified atom stereocenters. The number of alkyl halides is 3. The summed E-state index contributed by atoms with van der Waals surface area (Å²) in [5, 5.41) is 12.1. The summed E-state index contributed by atoms with van der Waals surface area (Å²) in [7, 11) is 0. The largest absolute Gasteiger partial charge is 0.444 e. The lowest BCUT2D eigenvalue weighted by molar-refractivity contribution is -0.141. The topological polar surface area (TPSA) is 104 Å². The zero-order valence-corrected chi connectivity index (χ0v) is 21.0. The van der Waals surface area contributed by atoms with Crippen molar-refractivity contribution < 1.29 is 27.5 Å². The van der Waals surface area contributed by atoms with Crippen molar-refractivity contribution in [3.05, 3.63) is 53.3 Å². The Morgan fingerprint density at radius 2 is 1.97 bits per heavy atom. The third-order valence-electron chi connectivity index (χ3n) is 5.34. The number of ether oxygens (including phenoxy) is 1. The maximum absolute atomic E-state index is 13.1. The van der Waals surface area contributed by atoms with Crippen molar-refractivity contribution in [3.8, 4) is 6.07 Å². The predicted molar refractivity (Wildman–Crippen MR) is 129 cm³/mol. The number of rotatable bonds is 5. The van der Waals surface area contributed by atoms with Crippen LogP contribution in [0.5, 0.6) is 0 Å². The van der Waals surface area contributed by atoms with E-state index in [1.807, 2.05) is 0 Å². The van der Waals surface area contributed by atoms with Gasteiger partial charge < -0.3 is 10.1 Å². The van der Waals surface area contributed by atoms with E-state index in [4.69, 9.17) is 4.74 Å². The van der Waals surface area contributed by atoms with Crippen LogP contribution in [0.4, 0.5) is 23.7 Å². The molecule has 0 spiro atoms. The van der Waals surface area contributed by atoms with Crippen LogP contribution in [0.2, 0.25) is 0 Å². The van der Waals surface area contributed by atoms with Crippen molar-refractivity contribution in [2.24, 2.45) is 10.9 Å². The van der Waals surface area contributed by atoms with Gasteiger partial charge in [-0.25, -0.2) is 4.79 Å². The zero-order valence-electron chi connectivity index (χ0n) is 20.1. The number of carbonyl (C=O) groups excluding carboxylic acids is 2. The summed E-state index contributed by atoms with van der Waals surface area (Å²) < 4.78 is 44.8. The monoisotopic (exact) mass is 518 g/mol. The van der Waals surface area contributed by atoms with Gasteiger partial charge in [-0.2, -0.15) is 18.4 Å². The number of thioether (sulfide) groups is 1. The van der Waals surface area contributed by atoms with E-state index in [0.717, 1.165) is 12.3 Å². The van der Waals surface area contributed by atoms with Crippen LogP contribution in [0, 0.1) is 17.2 Å². The summed E-state index contributed by atoms with van der Waals surface area (Å²) in [5.41, 5.74) is -0.563. The Labute approximate surface area is 211 Å². The van der Waals surface area contributed by atoms with Crippen molar-refractivity contribution in [3.63, 3.8) is 0 Å². The van der Waals surface area contributed by atoms with Gasteiger partial charge in [0.25, 0.3) is 0 Å². The maximum atomic E-state index is 13.1. The Bertz CT molecular complexity index is 1230. The predicted octanol–water partition coefficient (Wildman–Crippen LogP) is 6.01. The first kappa shape index (κ1) is 27.2. The normalized spacial score (nSPS) is 18.1. The first-order valence-electron chi connectivity index (χ1n) is 11.0. The highest BCUT2D eigenvalue weighted by Crippen LogP contribution is 2.38. The Hall–Kier alpha value is -3.39. The van der Waals surface area contributed by atoms with Gasteiger partial charge in [-0.15, -0.1) is 11.8 Å². The van der Waals surface area contributed by atoms with Gasteiger partial charge in [0.1, 0.15) is 17.1 Å². The van der Waals surface area contributed by atoms with Crippen molar-refractivity contribution in [1.82, 2.24) is 10.3 Å². The van der Waals surface area contributed by atoms with Crippen LogP contribution in [0.1, 0.15) is 56.5 Å². The van der Waals surface area contributed by atoms with E-state index in [9.17, 15) is 28.0 Å². The number of carbonyl (C=O) groups is 2. The fraction of sp³-hybridized carbons (Fsp3) is 0.400. The quantitative estimate of drug-likeness (QED) is 0.486. The number of aromatic nitrogens is 1. The number of halogens is 3. The summed E-state index contributed by atoms with van der Waals surface area (Å²) in [6.45, 7) is 5.10. The van der Waals surface area contributed by atoms with Crippen molar-refractivity contribution in [1.29, 1.82) is 5.26 Å². The molecule has 1 N–H and O–H groups in total. The zero-order chi connectivity index (χ0) is 26.7. The molecule has 2 atom stereocenters. The number of aliphatic imine (C=N–C) groups is 1. The van der Waals surface area contributed by atoms with Crippen molar-refractivity contribution in [2.75, 3.05) is 6.26 Å². The number of Topliss-reactive ketones (excluding diaryl/α,β-unsaturated/α-hetero) is 1. The highest BCUT2D eigenvalue weighted by atomic mass is 32.2. The molecule has 1 saturated carbocycles. The SMILES string of the molecule is CSc1cc(C#N)ccc1C(NC(=O)OC(C)(C)C)C1C(=O)CCC1=Nc1ccnc(C(F)(F)F)c1. The van der Waals surface area contributed by atoms with E-state index >= 15 is 0 Å². The number of pyridine rings is 1. The highest BCUT2D eigenvalue weighted by Gasteiger charge is 2.41. The molecule has 0 saturated heterocycles. The minimum absolute atomic E-state index is 0.00737. The molecule has 0 radical (unpaired) electrons. The van der Waals surface area contributed by atoms with Gasteiger partial charge in [-0.1, -0.05) is 6.07 Å². The molecule has 0 aliphatic heterocycles. The van der Waals surface area contributed by atoms with E-state index in [-0.39, 0.29) is 24.3 Å². The number of benzene rings is 1. The van der Waals surface area contributed by atoms with Gasteiger partial charge in [0, 0.05) is 23.2 Å². The second-order valence-corrected chi connectivity index (χ2v) is 9.98. The van der Waals surface area contributed by atoms with E-state index < -0.39 is 35.5 Å². The summed E-state index contributed by atoms with van der Waals surface area (Å²) >= 11 is 1.34. The fourth-order valence-corrected chi connectivity index (χ4v) is 4.55. The Kier molecular flexibility index (Phi) is 8.09. The van der Waals surface area contributed by atoms with Crippen LogP contribution in [0.3, 0.4) is 0 Å². The van der Waals surface area contributed by atoms with Crippen LogP contribution in [0.15, 0.2) is 46.4 Å². The summed E-state index contributed by atoms with van der Waals surface area (Å²) in [4.78, 5) is 34.3. The molecule has 36 heavy (non-hydrogen) atoms. The molecule has 1 aromatic carbocycles. The van der Waals surface area contributed by atoms with Crippen LogP contribution < -0.4 is 5.32 Å². The van der Waals surface area contributed by atoms with E-state index in [1.54, 1.807) is 45.2 Å². The fourth-order valence-electron chi connectivity index (χ4n) is 3.87. The van der Waals surface area contributed by atoms with Gasteiger partial charge in [-0.05, 0) is 63.3 Å². The van der Waals surface area contributed by atoms with Gasteiger partial charge in [-0.3, -0.25) is 14.8 Å². The number of amides is 1. The molecule has 11 heteroatoms. The molecule has 1 amide bonds. The lowest BCUT2D eigenvalue weighted by Crippen LogP contribution is -2.40. The summed E-state index contributed by atoms with van der Waals surface area (Å²) in [5.74, 6) is -1.14. The number of nitrogens with one attached hydrogen (secondary N) is 1. The molecule has 1 fully saturated rings. The highest BCUT2D eigenvalue weighted by molar-refractivity contribution is 7.98. The maximum Gasteiger partial charge on any atom is 0.433 e. The minimum Gasteiger partial charge on any atom is -0.444 e. The number of hydrogen-bond donors (Lipinski definition) is 1.